The largest absolute Gasteiger partial charge is 0.478 e. The first-order valence-corrected chi connectivity index (χ1v) is 8.36. The van der Waals surface area contributed by atoms with Crippen molar-refractivity contribution < 1.29 is 23.1 Å². The average Bonchev–Trinajstić information content (AvgIpc) is 2.58. The van der Waals surface area contributed by atoms with Gasteiger partial charge in [-0.25, -0.2) is 9.78 Å². The van der Waals surface area contributed by atoms with Crippen LogP contribution in [0.5, 0.6) is 0 Å². The number of pyridine rings is 1. The Hall–Kier alpha value is -2.06. The van der Waals surface area contributed by atoms with E-state index in [1.54, 1.807) is 0 Å². The number of nitrogens with two attached hydrogens (primary N) is 1. The molecule has 2 aromatic rings. The molecule has 0 atom stereocenters. The molecule has 0 saturated carbocycles. The van der Waals surface area contributed by atoms with Crippen LogP contribution in [-0.2, 0) is 6.18 Å². The number of halogens is 4. The van der Waals surface area contributed by atoms with Crippen LogP contribution in [0.15, 0.2) is 18.2 Å². The quantitative estimate of drug-likeness (QED) is 0.748. The van der Waals surface area contributed by atoms with Crippen LogP contribution in [0.2, 0.25) is 5.02 Å². The van der Waals surface area contributed by atoms with Crippen LogP contribution >= 0.6 is 11.6 Å². The van der Waals surface area contributed by atoms with E-state index < -0.39 is 17.8 Å². The van der Waals surface area contributed by atoms with Gasteiger partial charge >= 0.3 is 12.1 Å². The Morgan fingerprint density at radius 3 is 2.15 bits per heavy atom. The van der Waals surface area contributed by atoms with Crippen LogP contribution in [0.3, 0.4) is 0 Å². The van der Waals surface area contributed by atoms with E-state index in [0.29, 0.717) is 0 Å². The Kier molecular flexibility index (Phi) is 7.65. The van der Waals surface area contributed by atoms with Crippen LogP contribution in [0, 0.1) is 0 Å². The molecule has 0 aliphatic rings. The fourth-order valence-corrected chi connectivity index (χ4v) is 2.52. The fraction of sp³-hybridized carbons (Fsp3) is 0.412. The minimum Gasteiger partial charge on any atom is -0.478 e. The normalized spacial score (nSPS) is 11.4. The van der Waals surface area contributed by atoms with E-state index in [-0.39, 0.29) is 27.2 Å². The second-order valence-electron chi connectivity index (χ2n) is 5.34. The van der Waals surface area contributed by atoms with Gasteiger partial charge in [-0.15, -0.1) is 0 Å². The molecular weight excluding hydrogens is 371 g/mol. The number of hydrogen-bond donors (Lipinski definition) is 2. The monoisotopic (exact) mass is 391 g/mol. The third-order valence-electron chi connectivity index (χ3n) is 3.83. The number of anilines is 1. The van der Waals surface area contributed by atoms with Gasteiger partial charge in [0.25, 0.3) is 0 Å². The molecule has 5 nitrogen and oxygen atoms in total. The van der Waals surface area contributed by atoms with Gasteiger partial charge in [0.15, 0.2) is 0 Å². The Balaban J connectivity index is 0.000000412. The van der Waals surface area contributed by atoms with E-state index in [9.17, 15) is 18.0 Å². The molecule has 0 unspecified atom stereocenters. The third kappa shape index (κ3) is 5.22. The summed E-state index contributed by atoms with van der Waals surface area (Å²) in [6, 6.07) is 2.83. The Morgan fingerprint density at radius 1 is 1.23 bits per heavy atom. The summed E-state index contributed by atoms with van der Waals surface area (Å²) in [6.45, 7) is 10.1. The number of carbonyl (C=O) groups is 1. The molecule has 9 heteroatoms. The van der Waals surface area contributed by atoms with Crippen LogP contribution in [0.25, 0.3) is 10.9 Å². The topological polar surface area (TPSA) is 79.5 Å². The molecule has 144 valence electrons. The summed E-state index contributed by atoms with van der Waals surface area (Å²) in [5.74, 6) is -1.39. The number of alkyl halides is 3. The first-order chi connectivity index (χ1) is 12.1. The lowest BCUT2D eigenvalue weighted by atomic mass is 10.1. The van der Waals surface area contributed by atoms with Crippen molar-refractivity contribution in [1.29, 1.82) is 0 Å². The maximum absolute atomic E-state index is 12.5. The molecule has 1 aromatic heterocycles. The minimum atomic E-state index is -4.62. The van der Waals surface area contributed by atoms with Gasteiger partial charge in [-0.05, 0) is 37.8 Å². The van der Waals surface area contributed by atoms with Crippen LogP contribution in [0.4, 0.5) is 18.9 Å². The van der Waals surface area contributed by atoms with Crippen molar-refractivity contribution in [2.24, 2.45) is 0 Å². The number of nitrogen functional groups attached to an aromatic ring is 1. The lowest BCUT2D eigenvalue weighted by Gasteiger charge is -2.13. The smallest absolute Gasteiger partial charge is 0.433 e. The number of aromatic carboxylic acids is 1. The third-order valence-corrected chi connectivity index (χ3v) is 4.24. The summed E-state index contributed by atoms with van der Waals surface area (Å²) in [5, 5.41) is 8.93. The van der Waals surface area contributed by atoms with Gasteiger partial charge in [0.05, 0.1) is 21.8 Å². The maximum Gasteiger partial charge on any atom is 0.433 e. The van der Waals surface area contributed by atoms with E-state index in [0.717, 1.165) is 18.2 Å². The zero-order chi connectivity index (χ0) is 20.1. The first kappa shape index (κ1) is 22.0. The summed E-state index contributed by atoms with van der Waals surface area (Å²) in [6.07, 6.45) is -4.62. The van der Waals surface area contributed by atoms with Crippen LogP contribution < -0.4 is 5.73 Å². The molecule has 0 amide bonds. The molecule has 0 bridgehead atoms. The predicted molar refractivity (Wildman–Crippen MR) is 96.6 cm³/mol. The fourth-order valence-electron chi connectivity index (χ4n) is 2.25. The van der Waals surface area contributed by atoms with E-state index in [1.165, 1.54) is 19.6 Å². The van der Waals surface area contributed by atoms with Gasteiger partial charge in [0.2, 0.25) is 0 Å². The van der Waals surface area contributed by atoms with Crippen molar-refractivity contribution in [2.45, 2.75) is 26.9 Å². The summed E-state index contributed by atoms with van der Waals surface area (Å²) in [4.78, 5) is 16.6. The molecule has 0 spiro atoms. The molecular formula is C17H21ClF3N3O2. The maximum atomic E-state index is 12.5. The Bertz CT molecular complexity index is 772. The van der Waals surface area contributed by atoms with Crippen molar-refractivity contribution in [3.05, 3.63) is 34.5 Å². The second kappa shape index (κ2) is 9.05. The number of rotatable bonds is 4. The minimum absolute atomic E-state index is 0.129. The van der Waals surface area contributed by atoms with Crippen molar-refractivity contribution in [2.75, 3.05) is 25.4 Å². The number of benzene rings is 1. The summed E-state index contributed by atoms with van der Waals surface area (Å²) in [5.41, 5.74) is 3.62. The molecule has 0 aliphatic carbocycles. The molecule has 26 heavy (non-hydrogen) atoms. The van der Waals surface area contributed by atoms with Gasteiger partial charge in [-0.1, -0.05) is 32.4 Å². The Labute approximate surface area is 154 Å². The molecule has 0 aliphatic heterocycles. The zero-order valence-corrected chi connectivity index (χ0v) is 15.4. The molecule has 2 rings (SSSR count). The number of carboxylic acid groups (broad SMARTS) is 1. The van der Waals surface area contributed by atoms with Gasteiger partial charge in [-0.2, -0.15) is 13.2 Å². The number of aromatic nitrogens is 1. The highest BCUT2D eigenvalue weighted by Crippen LogP contribution is 2.34. The van der Waals surface area contributed by atoms with Crippen LogP contribution in [-0.4, -0.2) is 40.6 Å². The highest BCUT2D eigenvalue weighted by Gasteiger charge is 2.32. The highest BCUT2D eigenvalue weighted by molar-refractivity contribution is 6.38. The zero-order valence-electron chi connectivity index (χ0n) is 14.7. The summed E-state index contributed by atoms with van der Waals surface area (Å²) in [7, 11) is 0. The highest BCUT2D eigenvalue weighted by atomic mass is 35.5. The number of nitrogens with zero attached hydrogens (tertiary/aromatic N) is 2. The first-order valence-electron chi connectivity index (χ1n) is 7.98. The summed E-state index contributed by atoms with van der Waals surface area (Å²) < 4.78 is 37.6. The molecule has 3 N–H and O–H groups in total. The molecule has 0 saturated heterocycles. The van der Waals surface area contributed by atoms with E-state index in [2.05, 4.69) is 30.7 Å². The lowest BCUT2D eigenvalue weighted by molar-refractivity contribution is -0.140. The van der Waals surface area contributed by atoms with Crippen molar-refractivity contribution >= 4 is 34.2 Å². The Morgan fingerprint density at radius 2 is 1.77 bits per heavy atom. The number of fused-ring (bicyclic) bond motifs is 1. The molecule has 0 radical (unpaired) electrons. The van der Waals surface area contributed by atoms with Crippen molar-refractivity contribution in [3.8, 4) is 0 Å². The number of hydrogen-bond acceptors (Lipinski definition) is 4. The predicted octanol–water partition coefficient (Wildman–Crippen LogP) is 4.54. The van der Waals surface area contributed by atoms with Crippen molar-refractivity contribution in [3.63, 3.8) is 0 Å². The van der Waals surface area contributed by atoms with Gasteiger partial charge < -0.3 is 15.7 Å². The second-order valence-corrected chi connectivity index (χ2v) is 5.72. The van der Waals surface area contributed by atoms with E-state index >= 15 is 0 Å². The number of carboxylic acids is 1. The van der Waals surface area contributed by atoms with Gasteiger partial charge in [-0.3, -0.25) is 0 Å². The lowest BCUT2D eigenvalue weighted by Crippen LogP contribution is -2.21. The van der Waals surface area contributed by atoms with E-state index in [4.69, 9.17) is 22.4 Å². The average molecular weight is 392 g/mol. The summed E-state index contributed by atoms with van der Waals surface area (Å²) >= 11 is 5.83. The standard InChI is InChI=1S/C11H6ClF3N2O2.C6H15N/c12-8-4-1-2-7(11(13,14)15)17-6(4)3-5(9(8)16)10(18)19;1-4-7(5-2)6-3/h1-3H,16H2,(H,18,19);4-6H2,1-3H3. The molecule has 1 heterocycles. The SMILES string of the molecule is CCN(CC)CC.Nc1c(C(=O)O)cc2nc(C(F)(F)F)ccc2c1Cl. The molecule has 0 fully saturated rings. The van der Waals surface area contributed by atoms with Crippen LogP contribution in [0.1, 0.15) is 36.8 Å². The molecule has 1 aromatic carbocycles. The van der Waals surface area contributed by atoms with Gasteiger partial charge in [0.1, 0.15) is 5.69 Å². The van der Waals surface area contributed by atoms with Gasteiger partial charge in [0, 0.05) is 5.39 Å². The van der Waals surface area contributed by atoms with Crippen molar-refractivity contribution in [1.82, 2.24) is 9.88 Å². The van der Waals surface area contributed by atoms with E-state index in [1.807, 2.05) is 0 Å².